The SMILES string of the molecule is COc1ccc(COc2cc(C)nc(-c3cccc(Cl)c3)n2)cc1F. The van der Waals surface area contributed by atoms with Gasteiger partial charge in [-0.3, -0.25) is 0 Å². The van der Waals surface area contributed by atoms with Gasteiger partial charge in [-0.2, -0.15) is 4.98 Å². The molecule has 4 nitrogen and oxygen atoms in total. The van der Waals surface area contributed by atoms with Gasteiger partial charge in [-0.25, -0.2) is 9.37 Å². The first-order valence-electron chi connectivity index (χ1n) is 7.62. The number of nitrogens with zero attached hydrogens (tertiary/aromatic N) is 2. The number of halogens is 2. The summed E-state index contributed by atoms with van der Waals surface area (Å²) in [5.41, 5.74) is 2.25. The average Bonchev–Trinajstić information content (AvgIpc) is 2.59. The van der Waals surface area contributed by atoms with E-state index in [0.29, 0.717) is 22.3 Å². The zero-order valence-corrected chi connectivity index (χ0v) is 14.5. The van der Waals surface area contributed by atoms with Crippen LogP contribution in [-0.4, -0.2) is 17.1 Å². The molecule has 0 aliphatic heterocycles. The molecule has 3 aromatic rings. The second-order valence-electron chi connectivity index (χ2n) is 5.44. The van der Waals surface area contributed by atoms with E-state index in [2.05, 4.69) is 9.97 Å². The van der Waals surface area contributed by atoms with Crippen LogP contribution in [0.15, 0.2) is 48.5 Å². The summed E-state index contributed by atoms with van der Waals surface area (Å²) in [4.78, 5) is 8.82. The van der Waals surface area contributed by atoms with E-state index in [9.17, 15) is 4.39 Å². The van der Waals surface area contributed by atoms with E-state index >= 15 is 0 Å². The largest absolute Gasteiger partial charge is 0.494 e. The number of ether oxygens (including phenoxy) is 2. The van der Waals surface area contributed by atoms with Crippen molar-refractivity contribution in [3.63, 3.8) is 0 Å². The Kier molecular flexibility index (Phi) is 5.14. The molecule has 0 atom stereocenters. The van der Waals surface area contributed by atoms with Crippen LogP contribution >= 0.6 is 11.6 Å². The van der Waals surface area contributed by atoms with Crippen LogP contribution in [0.3, 0.4) is 0 Å². The number of methoxy groups -OCH3 is 1. The molecule has 6 heteroatoms. The van der Waals surface area contributed by atoms with E-state index in [-0.39, 0.29) is 12.4 Å². The van der Waals surface area contributed by atoms with Crippen LogP contribution in [0.2, 0.25) is 5.02 Å². The lowest BCUT2D eigenvalue weighted by atomic mass is 10.2. The molecule has 1 heterocycles. The number of aromatic nitrogens is 2. The van der Waals surface area contributed by atoms with Crippen LogP contribution in [0.25, 0.3) is 11.4 Å². The third kappa shape index (κ3) is 4.25. The van der Waals surface area contributed by atoms with Gasteiger partial charge in [0, 0.05) is 22.3 Å². The molecule has 1 aromatic heterocycles. The molecule has 0 fully saturated rings. The highest BCUT2D eigenvalue weighted by Gasteiger charge is 2.08. The van der Waals surface area contributed by atoms with Gasteiger partial charge in [-0.15, -0.1) is 0 Å². The monoisotopic (exact) mass is 358 g/mol. The van der Waals surface area contributed by atoms with Gasteiger partial charge in [0.05, 0.1) is 7.11 Å². The predicted octanol–water partition coefficient (Wildman–Crippen LogP) is 4.83. The fraction of sp³-hybridized carbons (Fsp3) is 0.158. The van der Waals surface area contributed by atoms with Crippen LogP contribution in [0.4, 0.5) is 4.39 Å². The van der Waals surface area contributed by atoms with Crippen molar-refractivity contribution in [1.29, 1.82) is 0 Å². The van der Waals surface area contributed by atoms with Gasteiger partial charge < -0.3 is 9.47 Å². The highest BCUT2D eigenvalue weighted by molar-refractivity contribution is 6.30. The van der Waals surface area contributed by atoms with Crippen LogP contribution in [0, 0.1) is 12.7 Å². The van der Waals surface area contributed by atoms with Gasteiger partial charge in [-0.05, 0) is 36.8 Å². The van der Waals surface area contributed by atoms with Crippen molar-refractivity contribution in [2.24, 2.45) is 0 Å². The topological polar surface area (TPSA) is 44.2 Å². The number of aryl methyl sites for hydroxylation is 1. The smallest absolute Gasteiger partial charge is 0.217 e. The van der Waals surface area contributed by atoms with E-state index in [1.54, 1.807) is 30.3 Å². The Morgan fingerprint density at radius 3 is 2.64 bits per heavy atom. The Hall–Kier alpha value is -2.66. The number of hydrogen-bond acceptors (Lipinski definition) is 4. The molecular weight excluding hydrogens is 343 g/mol. The molecule has 0 aliphatic carbocycles. The first-order chi connectivity index (χ1) is 12.0. The maximum Gasteiger partial charge on any atom is 0.217 e. The lowest BCUT2D eigenvalue weighted by molar-refractivity contribution is 0.292. The fourth-order valence-electron chi connectivity index (χ4n) is 2.33. The maximum absolute atomic E-state index is 13.7. The van der Waals surface area contributed by atoms with Crippen molar-refractivity contribution < 1.29 is 13.9 Å². The van der Waals surface area contributed by atoms with Crippen molar-refractivity contribution in [2.45, 2.75) is 13.5 Å². The van der Waals surface area contributed by atoms with Crippen LogP contribution in [-0.2, 0) is 6.61 Å². The molecule has 0 N–H and O–H groups in total. The number of hydrogen-bond donors (Lipinski definition) is 0. The highest BCUT2D eigenvalue weighted by Crippen LogP contribution is 2.23. The second kappa shape index (κ2) is 7.49. The third-order valence-corrected chi connectivity index (χ3v) is 3.75. The van der Waals surface area contributed by atoms with E-state index < -0.39 is 5.82 Å². The summed E-state index contributed by atoms with van der Waals surface area (Å²) in [5, 5.41) is 0.610. The first kappa shape index (κ1) is 17.2. The van der Waals surface area contributed by atoms with Crippen molar-refractivity contribution in [1.82, 2.24) is 9.97 Å². The Morgan fingerprint density at radius 2 is 1.92 bits per heavy atom. The summed E-state index contributed by atoms with van der Waals surface area (Å²) in [6.07, 6.45) is 0. The van der Waals surface area contributed by atoms with Gasteiger partial charge in [0.15, 0.2) is 17.4 Å². The molecule has 0 unspecified atom stereocenters. The molecule has 0 amide bonds. The average molecular weight is 359 g/mol. The molecule has 0 spiro atoms. The number of rotatable bonds is 5. The minimum Gasteiger partial charge on any atom is -0.494 e. The Morgan fingerprint density at radius 1 is 1.08 bits per heavy atom. The molecule has 128 valence electrons. The summed E-state index contributed by atoms with van der Waals surface area (Å²) in [5.74, 6) is 0.712. The molecule has 3 rings (SSSR count). The lowest BCUT2D eigenvalue weighted by Crippen LogP contribution is -2.01. The standard InChI is InChI=1S/C19H16ClFN2O2/c1-12-8-18(23-19(22-12)14-4-3-5-15(20)10-14)25-11-13-6-7-17(24-2)16(21)9-13/h3-10H,11H2,1-2H3. The summed E-state index contributed by atoms with van der Waals surface area (Å²) in [7, 11) is 1.43. The summed E-state index contributed by atoms with van der Waals surface area (Å²) < 4.78 is 24.4. The predicted molar refractivity (Wildman–Crippen MR) is 94.5 cm³/mol. The molecule has 0 saturated heterocycles. The molecule has 0 bridgehead atoms. The Balaban J connectivity index is 1.80. The Bertz CT molecular complexity index is 902. The van der Waals surface area contributed by atoms with Crippen LogP contribution in [0.5, 0.6) is 11.6 Å². The normalized spacial score (nSPS) is 10.6. The molecular formula is C19H16ClFN2O2. The van der Waals surface area contributed by atoms with E-state index in [4.69, 9.17) is 21.1 Å². The quantitative estimate of drug-likeness (QED) is 0.655. The van der Waals surface area contributed by atoms with E-state index in [0.717, 1.165) is 11.3 Å². The minimum absolute atomic E-state index is 0.187. The zero-order chi connectivity index (χ0) is 17.8. The maximum atomic E-state index is 13.7. The third-order valence-electron chi connectivity index (χ3n) is 3.52. The fourth-order valence-corrected chi connectivity index (χ4v) is 2.52. The summed E-state index contributed by atoms with van der Waals surface area (Å²) >= 11 is 6.02. The first-order valence-corrected chi connectivity index (χ1v) is 8.00. The van der Waals surface area contributed by atoms with Crippen molar-refractivity contribution in [2.75, 3.05) is 7.11 Å². The van der Waals surface area contributed by atoms with Gasteiger partial charge in [0.1, 0.15) is 6.61 Å². The van der Waals surface area contributed by atoms with Gasteiger partial charge in [0.25, 0.3) is 0 Å². The molecule has 0 saturated carbocycles. The number of benzene rings is 2. The highest BCUT2D eigenvalue weighted by atomic mass is 35.5. The second-order valence-corrected chi connectivity index (χ2v) is 5.88. The van der Waals surface area contributed by atoms with Crippen molar-refractivity contribution >= 4 is 11.6 Å². The molecule has 0 radical (unpaired) electrons. The van der Waals surface area contributed by atoms with E-state index in [1.165, 1.54) is 13.2 Å². The van der Waals surface area contributed by atoms with Crippen molar-refractivity contribution in [3.05, 3.63) is 70.6 Å². The van der Waals surface area contributed by atoms with Crippen LogP contribution < -0.4 is 9.47 Å². The van der Waals surface area contributed by atoms with Gasteiger partial charge in [-0.1, -0.05) is 29.8 Å². The summed E-state index contributed by atoms with van der Waals surface area (Å²) in [6, 6.07) is 13.7. The zero-order valence-electron chi connectivity index (χ0n) is 13.8. The Labute approximate surface area is 150 Å². The molecule has 25 heavy (non-hydrogen) atoms. The van der Waals surface area contributed by atoms with Crippen molar-refractivity contribution in [3.8, 4) is 23.0 Å². The molecule has 2 aromatic carbocycles. The van der Waals surface area contributed by atoms with Gasteiger partial charge >= 0.3 is 0 Å². The van der Waals surface area contributed by atoms with E-state index in [1.807, 2.05) is 19.1 Å². The summed E-state index contributed by atoms with van der Waals surface area (Å²) in [6.45, 7) is 2.04. The minimum atomic E-state index is -0.429. The van der Waals surface area contributed by atoms with Gasteiger partial charge in [0.2, 0.25) is 5.88 Å². The van der Waals surface area contributed by atoms with Crippen LogP contribution in [0.1, 0.15) is 11.3 Å². The lowest BCUT2D eigenvalue weighted by Gasteiger charge is -2.09. The molecule has 0 aliphatic rings.